The Bertz CT molecular complexity index is 1600. The van der Waals surface area contributed by atoms with E-state index in [1.165, 1.54) is 55.6 Å². The normalized spacial score (nSPS) is 17.5. The average molecular weight is 697 g/mol. The molecule has 2 atom stereocenters. The van der Waals surface area contributed by atoms with Crippen molar-refractivity contribution < 1.29 is 47.7 Å². The van der Waals surface area contributed by atoms with Crippen LogP contribution in [0.2, 0.25) is 0 Å². The molecule has 46 heavy (non-hydrogen) atoms. The number of hydrogen-bond donors (Lipinski definition) is 0. The molecule has 1 saturated heterocycles. The molecule has 0 aromatic heterocycles. The van der Waals surface area contributed by atoms with Gasteiger partial charge in [-0.2, -0.15) is 0 Å². The lowest BCUT2D eigenvalue weighted by Gasteiger charge is -2.39. The summed E-state index contributed by atoms with van der Waals surface area (Å²) >= 11 is 3.33. The number of nitrogens with zero attached hydrogens (tertiary/aromatic N) is 1. The lowest BCUT2D eigenvalue weighted by molar-refractivity contribution is -0.181. The van der Waals surface area contributed by atoms with Crippen LogP contribution in [-0.2, 0) is 23.8 Å². The molecular weight excluding hydrogens is 662 g/mol. The van der Waals surface area contributed by atoms with E-state index in [-0.39, 0.29) is 36.5 Å². The molecule has 3 aromatic rings. The minimum Gasteiger partial charge on any atom is -0.469 e. The maximum absolute atomic E-state index is 13.4. The number of ketones is 1. The Kier molecular flexibility index (Phi) is 10.5. The molecule has 0 N–H and O–H groups in total. The average Bonchev–Trinajstić information content (AvgIpc) is 3.39. The predicted molar refractivity (Wildman–Crippen MR) is 168 cm³/mol. The van der Waals surface area contributed by atoms with Gasteiger partial charge >= 0.3 is 24.0 Å². The van der Waals surface area contributed by atoms with E-state index in [1.54, 1.807) is 45.0 Å². The van der Waals surface area contributed by atoms with Crippen molar-refractivity contribution in [3.8, 4) is 11.5 Å². The van der Waals surface area contributed by atoms with Crippen molar-refractivity contribution in [3.63, 3.8) is 0 Å². The van der Waals surface area contributed by atoms with Gasteiger partial charge in [-0.15, -0.1) is 0 Å². The summed E-state index contributed by atoms with van der Waals surface area (Å²) in [7, 11) is 2.38. The fraction of sp³-hybridized carbons (Fsp3) is 0.324. The van der Waals surface area contributed by atoms with Gasteiger partial charge in [0.15, 0.2) is 5.78 Å². The second-order valence-electron chi connectivity index (χ2n) is 11.5. The zero-order valence-electron chi connectivity index (χ0n) is 26.0. The summed E-state index contributed by atoms with van der Waals surface area (Å²) in [5, 5.41) is 0. The quantitative estimate of drug-likeness (QED) is 0.114. The number of likely N-dealkylation sites (tertiary alicyclic amines) is 1. The number of amides is 1. The van der Waals surface area contributed by atoms with Crippen LogP contribution in [0.5, 0.6) is 11.5 Å². The molecule has 1 aliphatic heterocycles. The van der Waals surface area contributed by atoms with Gasteiger partial charge < -0.3 is 23.7 Å². The molecule has 1 fully saturated rings. The number of halogens is 1. The van der Waals surface area contributed by atoms with Crippen LogP contribution in [0.4, 0.5) is 4.79 Å². The smallest absolute Gasteiger partial charge is 0.413 e. The Morgan fingerprint density at radius 3 is 1.89 bits per heavy atom. The zero-order chi connectivity index (χ0) is 33.6. The Hall–Kier alpha value is -4.71. The summed E-state index contributed by atoms with van der Waals surface area (Å²) in [6.45, 7) is 5.11. The van der Waals surface area contributed by atoms with Crippen LogP contribution in [-0.4, -0.2) is 66.8 Å². The number of carbonyl (C=O) groups is 5. The van der Waals surface area contributed by atoms with E-state index in [0.29, 0.717) is 16.9 Å². The van der Waals surface area contributed by atoms with Crippen LogP contribution in [0.15, 0.2) is 77.3 Å². The van der Waals surface area contributed by atoms with Crippen molar-refractivity contribution in [2.45, 2.75) is 44.9 Å². The van der Waals surface area contributed by atoms with Crippen molar-refractivity contribution in [1.29, 1.82) is 0 Å². The second kappa shape index (κ2) is 14.2. The van der Waals surface area contributed by atoms with E-state index in [2.05, 4.69) is 15.9 Å². The first kappa shape index (κ1) is 34.2. The zero-order valence-corrected chi connectivity index (χ0v) is 27.6. The fourth-order valence-corrected chi connectivity index (χ4v) is 5.25. The minimum absolute atomic E-state index is 0.0505. The van der Waals surface area contributed by atoms with E-state index in [1.807, 2.05) is 0 Å². The molecule has 0 saturated carbocycles. The van der Waals surface area contributed by atoms with Crippen LogP contribution >= 0.6 is 15.9 Å². The van der Waals surface area contributed by atoms with E-state index in [9.17, 15) is 24.0 Å². The summed E-state index contributed by atoms with van der Waals surface area (Å²) in [6.07, 6.45) is -0.817. The molecule has 11 nitrogen and oxygen atoms in total. The third-order valence-electron chi connectivity index (χ3n) is 7.18. The first-order valence-electron chi connectivity index (χ1n) is 14.3. The van der Waals surface area contributed by atoms with E-state index in [0.717, 1.165) is 16.5 Å². The number of carbonyl (C=O) groups excluding carboxylic acids is 5. The highest BCUT2D eigenvalue weighted by Crippen LogP contribution is 2.41. The molecule has 1 heterocycles. The first-order chi connectivity index (χ1) is 21.8. The molecule has 12 heteroatoms. The SMILES string of the molecule is COC(=O)CC1CCN(C(=O)OC(C)(C)C)C1(Oc1ccc(C(=O)c2ccc(C(=O)Oc3ccc(Br)cc3)cc2)cc1)C(=O)OC. The summed E-state index contributed by atoms with van der Waals surface area (Å²) in [6, 6.07) is 18.8. The molecular formula is C34H34BrNO10. The number of esters is 3. The first-order valence-corrected chi connectivity index (χ1v) is 15.1. The summed E-state index contributed by atoms with van der Waals surface area (Å²) in [5.74, 6) is -2.70. The lowest BCUT2D eigenvalue weighted by Crippen LogP contribution is -2.62. The van der Waals surface area contributed by atoms with E-state index >= 15 is 0 Å². The predicted octanol–water partition coefficient (Wildman–Crippen LogP) is 5.97. The molecule has 0 spiro atoms. The molecule has 242 valence electrons. The molecule has 1 aliphatic rings. The molecule has 0 bridgehead atoms. The molecule has 3 aromatic carbocycles. The molecule has 1 amide bonds. The third kappa shape index (κ3) is 7.74. The highest BCUT2D eigenvalue weighted by Gasteiger charge is 2.61. The Balaban J connectivity index is 1.56. The van der Waals surface area contributed by atoms with Gasteiger partial charge in [0.2, 0.25) is 0 Å². The Morgan fingerprint density at radius 1 is 0.804 bits per heavy atom. The Morgan fingerprint density at radius 2 is 1.35 bits per heavy atom. The van der Waals surface area contributed by atoms with Gasteiger partial charge in [0.25, 0.3) is 5.72 Å². The maximum atomic E-state index is 13.4. The highest BCUT2D eigenvalue weighted by atomic mass is 79.9. The van der Waals surface area contributed by atoms with Gasteiger partial charge in [-0.1, -0.05) is 28.1 Å². The van der Waals surface area contributed by atoms with Crippen molar-refractivity contribution in [1.82, 2.24) is 4.90 Å². The van der Waals surface area contributed by atoms with Crippen LogP contribution in [0, 0.1) is 5.92 Å². The van der Waals surface area contributed by atoms with Gasteiger partial charge in [0.1, 0.15) is 17.1 Å². The van der Waals surface area contributed by atoms with Gasteiger partial charge in [0, 0.05) is 28.1 Å². The number of ether oxygens (including phenoxy) is 5. The van der Waals surface area contributed by atoms with Gasteiger partial charge in [-0.05, 0) is 87.9 Å². The summed E-state index contributed by atoms with van der Waals surface area (Å²) < 4.78 is 27.9. The monoisotopic (exact) mass is 695 g/mol. The number of rotatable bonds is 9. The standard InChI is InChI=1S/C34H34BrNO10/c1-33(2,3)46-32(41)36-19-18-24(20-28(37)42-4)34(36,31(40)43-5)45-27-14-10-22(11-15-27)29(38)21-6-8-23(9-7-21)30(39)44-26-16-12-25(35)13-17-26/h6-17,24H,18-20H2,1-5H3. The van der Waals surface area contributed by atoms with Crippen LogP contribution < -0.4 is 9.47 Å². The fourth-order valence-electron chi connectivity index (χ4n) is 4.99. The molecule has 4 rings (SSSR count). The van der Waals surface area contributed by atoms with Crippen molar-refractivity contribution >= 4 is 45.7 Å². The van der Waals surface area contributed by atoms with Crippen molar-refractivity contribution in [3.05, 3.63) is 94.0 Å². The number of hydrogen-bond acceptors (Lipinski definition) is 10. The number of methoxy groups -OCH3 is 2. The van der Waals surface area contributed by atoms with Crippen LogP contribution in [0.25, 0.3) is 0 Å². The van der Waals surface area contributed by atoms with Crippen LogP contribution in [0.3, 0.4) is 0 Å². The number of benzene rings is 3. The lowest BCUT2D eigenvalue weighted by atomic mass is 9.92. The Labute approximate surface area is 274 Å². The van der Waals surface area contributed by atoms with Crippen molar-refractivity contribution in [2.75, 3.05) is 20.8 Å². The van der Waals surface area contributed by atoms with Gasteiger partial charge in [-0.25, -0.2) is 14.4 Å². The molecule has 0 aliphatic carbocycles. The largest absolute Gasteiger partial charge is 0.469 e. The molecule has 0 radical (unpaired) electrons. The van der Waals surface area contributed by atoms with Gasteiger partial charge in [-0.3, -0.25) is 14.5 Å². The summed E-state index contributed by atoms with van der Waals surface area (Å²) in [4.78, 5) is 65.9. The van der Waals surface area contributed by atoms with E-state index < -0.39 is 41.2 Å². The third-order valence-corrected chi connectivity index (χ3v) is 7.71. The summed E-state index contributed by atoms with van der Waals surface area (Å²) in [5.41, 5.74) is -2.03. The van der Waals surface area contributed by atoms with Crippen LogP contribution in [0.1, 0.15) is 59.9 Å². The van der Waals surface area contributed by atoms with E-state index in [4.69, 9.17) is 23.7 Å². The maximum Gasteiger partial charge on any atom is 0.413 e. The highest BCUT2D eigenvalue weighted by molar-refractivity contribution is 9.10. The topological polar surface area (TPSA) is 135 Å². The van der Waals surface area contributed by atoms with Crippen molar-refractivity contribution in [2.24, 2.45) is 5.92 Å². The minimum atomic E-state index is -2.04. The second-order valence-corrected chi connectivity index (χ2v) is 12.4. The van der Waals surface area contributed by atoms with Gasteiger partial charge in [0.05, 0.1) is 26.2 Å². The molecule has 2 unspecified atom stereocenters.